The summed E-state index contributed by atoms with van der Waals surface area (Å²) in [7, 11) is 0. The number of nitrogens with two attached hydrogens (primary N) is 1. The summed E-state index contributed by atoms with van der Waals surface area (Å²) < 4.78 is 0. The van der Waals surface area contributed by atoms with Gasteiger partial charge in [0, 0.05) is 12.1 Å². The van der Waals surface area contributed by atoms with Crippen LogP contribution in [0.15, 0.2) is 24.3 Å². The SMILES string of the molecule is Cc1ccc(C(=O)CN2CCC(C)(C(N)=O)C2)cc1. The maximum atomic E-state index is 12.1. The van der Waals surface area contributed by atoms with Gasteiger partial charge >= 0.3 is 0 Å². The van der Waals surface area contributed by atoms with Crippen LogP contribution in [0.3, 0.4) is 0 Å². The number of likely N-dealkylation sites (tertiary alicyclic amines) is 1. The van der Waals surface area contributed by atoms with E-state index in [4.69, 9.17) is 5.73 Å². The number of amides is 1. The maximum absolute atomic E-state index is 12.1. The maximum Gasteiger partial charge on any atom is 0.224 e. The summed E-state index contributed by atoms with van der Waals surface area (Å²) in [6.07, 6.45) is 0.726. The Bertz CT molecular complexity index is 495. The number of ketones is 1. The molecule has 1 amide bonds. The van der Waals surface area contributed by atoms with E-state index in [1.807, 2.05) is 43.0 Å². The van der Waals surface area contributed by atoms with E-state index in [0.717, 1.165) is 24.1 Å². The third-order valence-electron chi connectivity index (χ3n) is 3.89. The average molecular weight is 260 g/mol. The van der Waals surface area contributed by atoms with Crippen molar-refractivity contribution in [1.29, 1.82) is 0 Å². The lowest BCUT2D eigenvalue weighted by molar-refractivity contribution is -0.126. The molecule has 0 bridgehead atoms. The quantitative estimate of drug-likeness (QED) is 0.832. The van der Waals surface area contributed by atoms with E-state index in [1.54, 1.807) is 0 Å². The predicted molar refractivity (Wildman–Crippen MR) is 73.9 cm³/mol. The van der Waals surface area contributed by atoms with Gasteiger partial charge < -0.3 is 5.73 Å². The van der Waals surface area contributed by atoms with Crippen LogP contribution < -0.4 is 5.73 Å². The third-order valence-corrected chi connectivity index (χ3v) is 3.89. The summed E-state index contributed by atoms with van der Waals surface area (Å²) in [5.41, 5.74) is 6.77. The molecule has 1 heterocycles. The molecule has 4 heteroatoms. The molecule has 0 radical (unpaired) electrons. The molecule has 2 rings (SSSR count). The highest BCUT2D eigenvalue weighted by molar-refractivity contribution is 5.97. The molecule has 0 saturated carbocycles. The number of rotatable bonds is 4. The number of hydrogen-bond acceptors (Lipinski definition) is 3. The van der Waals surface area contributed by atoms with E-state index in [-0.39, 0.29) is 11.7 Å². The van der Waals surface area contributed by atoms with Crippen LogP contribution in [0.1, 0.15) is 29.3 Å². The number of aryl methyl sites for hydroxylation is 1. The van der Waals surface area contributed by atoms with Crippen LogP contribution in [-0.2, 0) is 4.79 Å². The first-order valence-corrected chi connectivity index (χ1v) is 6.53. The molecule has 2 N–H and O–H groups in total. The molecule has 1 aromatic carbocycles. The Morgan fingerprint density at radius 3 is 2.47 bits per heavy atom. The van der Waals surface area contributed by atoms with Gasteiger partial charge in [-0.2, -0.15) is 0 Å². The highest BCUT2D eigenvalue weighted by atomic mass is 16.1. The first-order chi connectivity index (χ1) is 8.90. The molecule has 1 saturated heterocycles. The molecule has 1 aromatic rings. The lowest BCUT2D eigenvalue weighted by Crippen LogP contribution is -2.38. The normalized spacial score (nSPS) is 23.5. The van der Waals surface area contributed by atoms with Crippen molar-refractivity contribution < 1.29 is 9.59 Å². The van der Waals surface area contributed by atoms with E-state index >= 15 is 0 Å². The molecule has 102 valence electrons. The average Bonchev–Trinajstić information content (AvgIpc) is 2.73. The minimum Gasteiger partial charge on any atom is -0.369 e. The van der Waals surface area contributed by atoms with Crippen LogP contribution in [-0.4, -0.2) is 36.2 Å². The predicted octanol–water partition coefficient (Wildman–Crippen LogP) is 1.38. The topological polar surface area (TPSA) is 63.4 Å². The van der Waals surface area contributed by atoms with Crippen LogP contribution in [0, 0.1) is 12.3 Å². The van der Waals surface area contributed by atoms with Crippen molar-refractivity contribution in [2.75, 3.05) is 19.6 Å². The number of nitrogens with zero attached hydrogens (tertiary/aromatic N) is 1. The fraction of sp³-hybridized carbons (Fsp3) is 0.467. The molecule has 0 spiro atoms. The number of carbonyl (C=O) groups excluding carboxylic acids is 2. The van der Waals surface area contributed by atoms with Gasteiger partial charge in [0.1, 0.15) is 0 Å². The Morgan fingerprint density at radius 1 is 1.32 bits per heavy atom. The van der Waals surface area contributed by atoms with E-state index < -0.39 is 5.41 Å². The number of primary amides is 1. The second-order valence-electron chi connectivity index (χ2n) is 5.67. The second kappa shape index (κ2) is 5.13. The monoisotopic (exact) mass is 260 g/mol. The van der Waals surface area contributed by atoms with Gasteiger partial charge in [0.2, 0.25) is 5.91 Å². The van der Waals surface area contributed by atoms with E-state index in [2.05, 4.69) is 0 Å². The van der Waals surface area contributed by atoms with Gasteiger partial charge in [0.25, 0.3) is 0 Å². The van der Waals surface area contributed by atoms with E-state index in [9.17, 15) is 9.59 Å². The van der Waals surface area contributed by atoms with Crippen molar-refractivity contribution in [2.24, 2.45) is 11.1 Å². The van der Waals surface area contributed by atoms with Gasteiger partial charge in [-0.15, -0.1) is 0 Å². The smallest absolute Gasteiger partial charge is 0.224 e. The first-order valence-electron chi connectivity index (χ1n) is 6.53. The van der Waals surface area contributed by atoms with Crippen molar-refractivity contribution in [3.63, 3.8) is 0 Å². The zero-order chi connectivity index (χ0) is 14.0. The summed E-state index contributed by atoms with van der Waals surface area (Å²) >= 11 is 0. The molecule has 1 unspecified atom stereocenters. The molecule has 1 aliphatic rings. The van der Waals surface area contributed by atoms with Crippen LogP contribution in [0.4, 0.5) is 0 Å². The van der Waals surface area contributed by atoms with Crippen molar-refractivity contribution in [2.45, 2.75) is 20.3 Å². The van der Waals surface area contributed by atoms with Gasteiger partial charge in [0.15, 0.2) is 5.78 Å². The second-order valence-corrected chi connectivity index (χ2v) is 5.67. The van der Waals surface area contributed by atoms with Crippen molar-refractivity contribution in [1.82, 2.24) is 4.90 Å². The van der Waals surface area contributed by atoms with E-state index in [1.165, 1.54) is 0 Å². The largest absolute Gasteiger partial charge is 0.369 e. The summed E-state index contributed by atoms with van der Waals surface area (Å²) in [4.78, 5) is 25.5. The Labute approximate surface area is 113 Å². The summed E-state index contributed by atoms with van der Waals surface area (Å²) in [6.45, 7) is 5.53. The molecule has 1 atom stereocenters. The molecule has 0 aliphatic carbocycles. The number of carbonyl (C=O) groups is 2. The molecule has 4 nitrogen and oxygen atoms in total. The van der Waals surface area contributed by atoms with Gasteiger partial charge in [0.05, 0.1) is 12.0 Å². The van der Waals surface area contributed by atoms with E-state index in [0.29, 0.717) is 13.1 Å². The van der Waals surface area contributed by atoms with Crippen LogP contribution >= 0.6 is 0 Å². The summed E-state index contributed by atoms with van der Waals surface area (Å²) in [5, 5.41) is 0. The van der Waals surface area contributed by atoms with Gasteiger partial charge in [-0.25, -0.2) is 0 Å². The molecule has 1 fully saturated rings. The van der Waals surface area contributed by atoms with Gasteiger partial charge in [-0.3, -0.25) is 14.5 Å². The van der Waals surface area contributed by atoms with Crippen LogP contribution in [0.2, 0.25) is 0 Å². The van der Waals surface area contributed by atoms with Gasteiger partial charge in [-0.1, -0.05) is 29.8 Å². The minimum absolute atomic E-state index is 0.0914. The fourth-order valence-electron chi connectivity index (χ4n) is 2.43. The molecular weight excluding hydrogens is 240 g/mol. The number of benzene rings is 1. The Kier molecular flexibility index (Phi) is 3.71. The third kappa shape index (κ3) is 3.01. The van der Waals surface area contributed by atoms with Crippen LogP contribution in [0.25, 0.3) is 0 Å². The zero-order valence-electron chi connectivity index (χ0n) is 11.5. The molecule has 19 heavy (non-hydrogen) atoms. The summed E-state index contributed by atoms with van der Waals surface area (Å²) in [6, 6.07) is 7.57. The van der Waals surface area contributed by atoms with Crippen molar-refractivity contribution >= 4 is 11.7 Å². The molecule has 1 aliphatic heterocycles. The fourth-order valence-corrected chi connectivity index (χ4v) is 2.43. The highest BCUT2D eigenvalue weighted by Gasteiger charge is 2.39. The lowest BCUT2D eigenvalue weighted by atomic mass is 9.89. The standard InChI is InChI=1S/C15H20N2O2/c1-11-3-5-12(6-4-11)13(18)9-17-8-7-15(2,10-17)14(16)19/h3-6H,7-10H2,1-2H3,(H2,16,19). The molecular formula is C15H20N2O2. The number of Topliss-reactive ketones (excluding diaryl/α,β-unsaturated/α-hetero) is 1. The number of hydrogen-bond donors (Lipinski definition) is 1. The Balaban J connectivity index is 1.98. The van der Waals surface area contributed by atoms with Crippen LogP contribution in [0.5, 0.6) is 0 Å². The minimum atomic E-state index is -0.493. The van der Waals surface area contributed by atoms with Crippen molar-refractivity contribution in [3.05, 3.63) is 35.4 Å². The molecule has 0 aromatic heterocycles. The zero-order valence-corrected chi connectivity index (χ0v) is 11.5. The Morgan fingerprint density at radius 2 is 1.95 bits per heavy atom. The highest BCUT2D eigenvalue weighted by Crippen LogP contribution is 2.29. The van der Waals surface area contributed by atoms with Gasteiger partial charge in [-0.05, 0) is 26.8 Å². The first kappa shape index (κ1) is 13.7. The van der Waals surface area contributed by atoms with Crippen molar-refractivity contribution in [3.8, 4) is 0 Å². The summed E-state index contributed by atoms with van der Waals surface area (Å²) in [5.74, 6) is -0.188. The lowest BCUT2D eigenvalue weighted by Gasteiger charge is -2.20. The Hall–Kier alpha value is -1.68.